The molecule has 0 fully saturated rings. The van der Waals surface area contributed by atoms with Crippen LogP contribution in [0.4, 0.5) is 0 Å². The lowest BCUT2D eigenvalue weighted by atomic mass is 9.80. The third-order valence-electron chi connectivity index (χ3n) is 1.49. The lowest BCUT2D eigenvalue weighted by Crippen LogP contribution is -2.29. The Labute approximate surface area is 73.7 Å². The molecule has 0 spiro atoms. The maximum Gasteiger partial charge on any atom is 0.488 e. The Bertz CT molecular complexity index is 300. The second-order valence-corrected chi connectivity index (χ2v) is 3.78. The van der Waals surface area contributed by atoms with Crippen LogP contribution < -0.4 is 5.46 Å². The molecule has 0 radical (unpaired) electrons. The van der Waals surface area contributed by atoms with Gasteiger partial charge < -0.3 is 10.0 Å². The average molecular weight is 184 g/mol. The predicted molar refractivity (Wildman–Crippen MR) is 48.6 cm³/mol. The molecule has 1 unspecified atom stereocenters. The smallest absolute Gasteiger partial charge is 0.423 e. The molecule has 0 aliphatic heterocycles. The number of hydrogen-bond acceptors (Lipinski definition) is 3. The van der Waals surface area contributed by atoms with Gasteiger partial charge in [0.25, 0.3) is 0 Å². The molecule has 5 heteroatoms. The monoisotopic (exact) mass is 184 g/mol. The molecule has 0 saturated heterocycles. The summed E-state index contributed by atoms with van der Waals surface area (Å²) in [5, 5.41) is 17.6. The van der Waals surface area contributed by atoms with E-state index in [1.807, 2.05) is 0 Å². The number of hydrogen-bond donors (Lipinski definition) is 2. The predicted octanol–water partition coefficient (Wildman–Crippen LogP) is -0.896. The van der Waals surface area contributed by atoms with Crippen LogP contribution in [0.3, 0.4) is 0 Å². The van der Waals surface area contributed by atoms with Crippen molar-refractivity contribution < 1.29 is 14.3 Å². The van der Waals surface area contributed by atoms with Gasteiger partial charge in [0.1, 0.15) is 0 Å². The molecule has 2 N–H and O–H groups in total. The average Bonchev–Trinajstić information content (AvgIpc) is 2.04. The summed E-state index contributed by atoms with van der Waals surface area (Å²) in [6.07, 6.45) is 1.54. The molecule has 1 aromatic rings. The lowest BCUT2D eigenvalue weighted by Gasteiger charge is -2.00. The first-order valence-electron chi connectivity index (χ1n) is 3.41. The lowest BCUT2D eigenvalue weighted by molar-refractivity contribution is 0.425. The van der Waals surface area contributed by atoms with Gasteiger partial charge >= 0.3 is 7.12 Å². The fourth-order valence-electron chi connectivity index (χ4n) is 0.854. The summed E-state index contributed by atoms with van der Waals surface area (Å²) in [4.78, 5) is 0.598. The van der Waals surface area contributed by atoms with Crippen molar-refractivity contribution in [2.75, 3.05) is 6.26 Å². The Hall–Kier alpha value is -0.645. The van der Waals surface area contributed by atoms with Crippen LogP contribution in [0.2, 0.25) is 0 Å². The Balaban J connectivity index is 3.04. The van der Waals surface area contributed by atoms with Gasteiger partial charge in [-0.3, -0.25) is 4.21 Å². The highest BCUT2D eigenvalue weighted by Gasteiger charge is 2.11. The van der Waals surface area contributed by atoms with E-state index in [-0.39, 0.29) is 0 Å². The molecule has 3 nitrogen and oxygen atoms in total. The van der Waals surface area contributed by atoms with Gasteiger partial charge in [-0.25, -0.2) is 0 Å². The molecular formula is C7H9BO3S. The maximum atomic E-state index is 11.0. The van der Waals surface area contributed by atoms with Crippen molar-refractivity contribution in [1.82, 2.24) is 0 Å². The van der Waals surface area contributed by atoms with Gasteiger partial charge in [-0.2, -0.15) is 0 Å². The van der Waals surface area contributed by atoms with Gasteiger partial charge in [0, 0.05) is 22.0 Å². The van der Waals surface area contributed by atoms with Crippen LogP contribution in [0.1, 0.15) is 0 Å². The van der Waals surface area contributed by atoms with Crippen molar-refractivity contribution >= 4 is 23.4 Å². The van der Waals surface area contributed by atoms with Gasteiger partial charge in [0.15, 0.2) is 0 Å². The standard InChI is InChI=1S/C7H9BO3S/c1-12(11)7-4-2-3-6(5-7)8(9)10/h2-5,9-10H,1H3. The van der Waals surface area contributed by atoms with Crippen molar-refractivity contribution in [2.24, 2.45) is 0 Å². The summed E-state index contributed by atoms with van der Waals surface area (Å²) in [7, 11) is -2.57. The first-order valence-corrected chi connectivity index (χ1v) is 4.96. The number of rotatable bonds is 2. The van der Waals surface area contributed by atoms with E-state index in [2.05, 4.69) is 0 Å². The van der Waals surface area contributed by atoms with Crippen LogP contribution in [0.25, 0.3) is 0 Å². The minimum absolute atomic E-state index is 0.364. The van der Waals surface area contributed by atoms with Crippen molar-refractivity contribution in [3.63, 3.8) is 0 Å². The first-order chi connectivity index (χ1) is 5.61. The van der Waals surface area contributed by atoms with Crippen molar-refractivity contribution in [1.29, 1.82) is 0 Å². The Morgan fingerprint density at radius 2 is 2.08 bits per heavy atom. The molecular weight excluding hydrogens is 175 g/mol. The van der Waals surface area contributed by atoms with Crippen molar-refractivity contribution in [2.45, 2.75) is 4.90 Å². The molecule has 64 valence electrons. The minimum atomic E-state index is -1.49. The minimum Gasteiger partial charge on any atom is -0.423 e. The fourth-order valence-corrected chi connectivity index (χ4v) is 1.43. The van der Waals surface area contributed by atoms with Gasteiger partial charge in [0.05, 0.1) is 0 Å². The summed E-state index contributed by atoms with van der Waals surface area (Å²) >= 11 is 0. The zero-order valence-corrected chi connectivity index (χ0v) is 7.41. The molecule has 1 rings (SSSR count). The van der Waals surface area contributed by atoms with Crippen LogP contribution in [0, 0.1) is 0 Å². The maximum absolute atomic E-state index is 11.0. The molecule has 0 aliphatic carbocycles. The molecule has 1 atom stereocenters. The van der Waals surface area contributed by atoms with Crippen LogP contribution in [-0.4, -0.2) is 27.6 Å². The second-order valence-electron chi connectivity index (χ2n) is 2.40. The molecule has 0 aromatic heterocycles. The topological polar surface area (TPSA) is 57.5 Å². The molecule has 0 bridgehead atoms. The second kappa shape index (κ2) is 3.84. The summed E-state index contributed by atoms with van der Waals surface area (Å²) in [5.41, 5.74) is 0.364. The summed E-state index contributed by atoms with van der Waals surface area (Å²) in [6, 6.07) is 6.41. The third kappa shape index (κ3) is 2.17. The highest BCUT2D eigenvalue weighted by atomic mass is 32.2. The van der Waals surface area contributed by atoms with E-state index in [0.717, 1.165) is 0 Å². The van der Waals surface area contributed by atoms with Crippen molar-refractivity contribution in [3.8, 4) is 0 Å². The summed E-state index contributed by atoms with van der Waals surface area (Å²) in [5.74, 6) is 0. The molecule has 0 saturated carbocycles. The van der Waals surface area contributed by atoms with Gasteiger partial charge in [0.2, 0.25) is 0 Å². The van der Waals surface area contributed by atoms with Gasteiger partial charge in [-0.1, -0.05) is 12.1 Å². The highest BCUT2D eigenvalue weighted by Crippen LogP contribution is 2.01. The van der Waals surface area contributed by atoms with E-state index in [9.17, 15) is 4.21 Å². The normalized spacial score (nSPS) is 12.6. The Morgan fingerprint density at radius 1 is 1.42 bits per heavy atom. The fraction of sp³-hybridized carbons (Fsp3) is 0.143. The summed E-state index contributed by atoms with van der Waals surface area (Å²) < 4.78 is 11.0. The van der Waals surface area contributed by atoms with Gasteiger partial charge in [-0.15, -0.1) is 0 Å². The SMILES string of the molecule is CS(=O)c1cccc(B(O)O)c1. The quantitative estimate of drug-likeness (QED) is 0.586. The van der Waals surface area contributed by atoms with Crippen LogP contribution in [0.5, 0.6) is 0 Å². The van der Waals surface area contributed by atoms with Crippen LogP contribution >= 0.6 is 0 Å². The van der Waals surface area contributed by atoms with Gasteiger partial charge in [-0.05, 0) is 17.6 Å². The summed E-state index contributed by atoms with van der Waals surface area (Å²) in [6.45, 7) is 0. The molecule has 1 aromatic carbocycles. The largest absolute Gasteiger partial charge is 0.488 e. The Kier molecular flexibility index (Phi) is 3.02. The van der Waals surface area contributed by atoms with Crippen LogP contribution in [0.15, 0.2) is 29.2 Å². The Morgan fingerprint density at radius 3 is 2.58 bits per heavy atom. The molecule has 0 heterocycles. The van der Waals surface area contributed by atoms with E-state index >= 15 is 0 Å². The van der Waals surface area contributed by atoms with Crippen LogP contribution in [-0.2, 0) is 10.8 Å². The zero-order chi connectivity index (χ0) is 9.14. The zero-order valence-electron chi connectivity index (χ0n) is 6.60. The van der Waals surface area contributed by atoms with E-state index in [1.165, 1.54) is 6.07 Å². The van der Waals surface area contributed by atoms with E-state index in [4.69, 9.17) is 10.0 Å². The van der Waals surface area contributed by atoms with E-state index < -0.39 is 17.9 Å². The number of benzene rings is 1. The van der Waals surface area contributed by atoms with E-state index in [0.29, 0.717) is 10.4 Å². The van der Waals surface area contributed by atoms with Crippen molar-refractivity contribution in [3.05, 3.63) is 24.3 Å². The molecule has 12 heavy (non-hydrogen) atoms. The molecule has 0 amide bonds. The first kappa shape index (κ1) is 9.44. The molecule has 0 aliphatic rings. The van der Waals surface area contributed by atoms with E-state index in [1.54, 1.807) is 24.5 Å². The third-order valence-corrected chi connectivity index (χ3v) is 2.41. The highest BCUT2D eigenvalue weighted by molar-refractivity contribution is 7.84.